The minimum atomic E-state index is -0.543. The van der Waals surface area contributed by atoms with Crippen LogP contribution in [-0.4, -0.2) is 32.8 Å². The molecule has 1 N–H and O–H groups in total. The third kappa shape index (κ3) is 3.40. The van der Waals surface area contributed by atoms with Crippen molar-refractivity contribution in [2.75, 3.05) is 5.01 Å². The van der Waals surface area contributed by atoms with Gasteiger partial charge in [-0.05, 0) is 55.4 Å². The summed E-state index contributed by atoms with van der Waals surface area (Å²) in [5.41, 5.74) is 4.43. The molecule has 0 fully saturated rings. The maximum atomic E-state index is 13.7. The summed E-state index contributed by atoms with van der Waals surface area (Å²) in [4.78, 5) is 27.9. The zero-order valence-corrected chi connectivity index (χ0v) is 19.9. The first-order valence-corrected chi connectivity index (χ1v) is 12.2. The molecule has 2 aliphatic rings. The lowest BCUT2D eigenvalue weighted by molar-refractivity contribution is 0.0446. The van der Waals surface area contributed by atoms with E-state index in [0.29, 0.717) is 0 Å². The van der Waals surface area contributed by atoms with E-state index in [0.717, 1.165) is 25.7 Å². The average Bonchev–Trinajstić information content (AvgIpc) is 2.99. The van der Waals surface area contributed by atoms with Gasteiger partial charge in [-0.15, -0.1) is 0 Å². The molecule has 1 aliphatic carbocycles. The third-order valence-electron chi connectivity index (χ3n) is 7.10. The van der Waals surface area contributed by atoms with E-state index >= 15 is 0 Å². The Morgan fingerprint density at radius 2 is 1.53 bits per heavy atom. The number of amides is 1. The number of benzene rings is 2. The summed E-state index contributed by atoms with van der Waals surface area (Å²) in [5, 5.41) is 13.0. The number of nitrogens with zero attached hydrogens (tertiary/aromatic N) is 3. The monoisotopic (exact) mass is 457 g/mol. The first-order valence-electron chi connectivity index (χ1n) is 12.2. The minimum Gasteiger partial charge on any atom is -0.502 e. The van der Waals surface area contributed by atoms with Gasteiger partial charge in [-0.3, -0.25) is 19.3 Å². The maximum absolute atomic E-state index is 13.7. The highest BCUT2D eigenvalue weighted by molar-refractivity contribution is 5.96. The molecular formula is C28H31N3O3. The molecule has 1 unspecified atom stereocenters. The van der Waals surface area contributed by atoms with Crippen molar-refractivity contribution < 1.29 is 9.90 Å². The van der Waals surface area contributed by atoms with Gasteiger partial charge >= 0.3 is 0 Å². The van der Waals surface area contributed by atoms with Crippen LogP contribution in [0.25, 0.3) is 0 Å². The average molecular weight is 458 g/mol. The lowest BCUT2D eigenvalue weighted by Crippen LogP contribution is -2.64. The highest BCUT2D eigenvalue weighted by Crippen LogP contribution is 2.41. The largest absolute Gasteiger partial charge is 0.502 e. The van der Waals surface area contributed by atoms with Crippen LogP contribution in [0.1, 0.15) is 72.4 Å². The number of hydrogen-bond donors (Lipinski definition) is 1. The molecule has 6 nitrogen and oxygen atoms in total. The Hall–Kier alpha value is -3.54. The number of fused-ring (bicyclic) bond motifs is 3. The van der Waals surface area contributed by atoms with Gasteiger partial charge in [0.2, 0.25) is 5.43 Å². The Kier molecular flexibility index (Phi) is 5.68. The zero-order chi connectivity index (χ0) is 24.0. The number of aryl methyl sites for hydroxylation is 2. The van der Waals surface area contributed by atoms with Gasteiger partial charge in [0.1, 0.15) is 6.17 Å². The van der Waals surface area contributed by atoms with Crippen LogP contribution < -0.4 is 10.4 Å². The van der Waals surface area contributed by atoms with Gasteiger partial charge in [-0.25, -0.2) is 0 Å². The Balaban J connectivity index is 1.85. The molecule has 1 aliphatic heterocycles. The van der Waals surface area contributed by atoms with E-state index in [1.54, 1.807) is 10.9 Å². The summed E-state index contributed by atoms with van der Waals surface area (Å²) in [7, 11) is 0. The predicted molar refractivity (Wildman–Crippen MR) is 133 cm³/mol. The highest BCUT2D eigenvalue weighted by atomic mass is 16.3. The second-order valence-corrected chi connectivity index (χ2v) is 9.48. The van der Waals surface area contributed by atoms with Gasteiger partial charge in [0, 0.05) is 18.3 Å². The lowest BCUT2D eigenvalue weighted by atomic mass is 9.92. The Bertz CT molecular complexity index is 1250. The minimum absolute atomic E-state index is 0.0350. The van der Waals surface area contributed by atoms with Crippen LogP contribution in [0.4, 0.5) is 0 Å². The van der Waals surface area contributed by atoms with Crippen molar-refractivity contribution in [1.82, 2.24) is 9.58 Å². The molecule has 1 aromatic heterocycles. The van der Waals surface area contributed by atoms with E-state index in [-0.39, 0.29) is 29.9 Å². The Labute approximate surface area is 200 Å². The first kappa shape index (κ1) is 22.3. The molecule has 34 heavy (non-hydrogen) atoms. The number of carbonyl (C=O) groups excluding carboxylic acids is 1. The molecule has 0 saturated carbocycles. The quantitative estimate of drug-likeness (QED) is 0.632. The second kappa shape index (κ2) is 8.67. The van der Waals surface area contributed by atoms with Gasteiger partial charge in [0.05, 0.1) is 6.04 Å². The Morgan fingerprint density at radius 1 is 0.941 bits per heavy atom. The van der Waals surface area contributed by atoms with Gasteiger partial charge in [0.25, 0.3) is 5.91 Å². The number of aromatic hydroxyl groups is 1. The van der Waals surface area contributed by atoms with Crippen LogP contribution in [0.5, 0.6) is 5.75 Å². The number of carbonyl (C=O) groups is 1. The fraction of sp³-hybridized carbons (Fsp3) is 0.357. The van der Waals surface area contributed by atoms with Crippen molar-refractivity contribution >= 4 is 5.91 Å². The van der Waals surface area contributed by atoms with Crippen LogP contribution in [0.3, 0.4) is 0 Å². The number of rotatable bonds is 4. The van der Waals surface area contributed by atoms with Crippen molar-refractivity contribution in [2.45, 2.75) is 64.7 Å². The summed E-state index contributed by atoms with van der Waals surface area (Å²) >= 11 is 0. The fourth-order valence-corrected chi connectivity index (χ4v) is 5.62. The van der Waals surface area contributed by atoms with E-state index in [1.165, 1.54) is 28.3 Å². The molecule has 2 aromatic carbocycles. The topological polar surface area (TPSA) is 65.8 Å². The van der Waals surface area contributed by atoms with Crippen molar-refractivity contribution in [2.24, 2.45) is 0 Å². The van der Waals surface area contributed by atoms with E-state index < -0.39 is 11.2 Å². The standard InChI is InChI=1S/C28H31N3O3/c1-4-9-24-30(18(2)3)28(34)26-27(33)23(32)16-17-29(26)31(24)25-21-12-7-5-10-19(21)14-15-20-11-6-8-13-22(20)25/h5-8,10-13,16-18,24-25,33H,4,9,14-15H2,1-3H3. The van der Waals surface area contributed by atoms with E-state index in [2.05, 4.69) is 60.5 Å². The predicted octanol–water partition coefficient (Wildman–Crippen LogP) is 4.37. The van der Waals surface area contributed by atoms with Crippen molar-refractivity contribution in [3.05, 3.63) is 99.0 Å². The number of aromatic nitrogens is 1. The summed E-state index contributed by atoms with van der Waals surface area (Å²) in [6.07, 6.45) is 4.92. The SMILES string of the molecule is CCCC1N(C(C)C)C(=O)c2c(O)c(=O)ccn2N1C1c2ccccc2CCc2ccccc21. The smallest absolute Gasteiger partial charge is 0.278 e. The van der Waals surface area contributed by atoms with E-state index in [4.69, 9.17) is 0 Å². The molecule has 1 amide bonds. The maximum Gasteiger partial charge on any atom is 0.278 e. The molecule has 0 radical (unpaired) electrons. The van der Waals surface area contributed by atoms with E-state index in [1.807, 2.05) is 18.7 Å². The van der Waals surface area contributed by atoms with Gasteiger partial charge in [-0.1, -0.05) is 61.9 Å². The van der Waals surface area contributed by atoms with Gasteiger partial charge in [0.15, 0.2) is 11.4 Å². The molecule has 0 bridgehead atoms. The van der Waals surface area contributed by atoms with Crippen LogP contribution in [0.2, 0.25) is 0 Å². The first-order chi connectivity index (χ1) is 16.4. The molecule has 176 valence electrons. The summed E-state index contributed by atoms with van der Waals surface area (Å²) in [5.74, 6) is -0.802. The summed E-state index contributed by atoms with van der Waals surface area (Å²) < 4.78 is 1.74. The second-order valence-electron chi connectivity index (χ2n) is 9.48. The molecule has 0 spiro atoms. The van der Waals surface area contributed by atoms with Gasteiger partial charge < -0.3 is 10.0 Å². The molecule has 5 rings (SSSR count). The van der Waals surface area contributed by atoms with Crippen LogP contribution in [-0.2, 0) is 12.8 Å². The number of hydrogen-bond acceptors (Lipinski definition) is 4. The third-order valence-corrected chi connectivity index (χ3v) is 7.10. The van der Waals surface area contributed by atoms with Crippen molar-refractivity contribution in [1.29, 1.82) is 0 Å². The molecule has 0 saturated heterocycles. The van der Waals surface area contributed by atoms with Crippen LogP contribution in [0.15, 0.2) is 65.6 Å². The van der Waals surface area contributed by atoms with E-state index in [9.17, 15) is 14.7 Å². The summed E-state index contributed by atoms with van der Waals surface area (Å²) in [6.45, 7) is 6.09. The molecule has 1 atom stereocenters. The van der Waals surface area contributed by atoms with Crippen molar-refractivity contribution in [3.63, 3.8) is 0 Å². The highest BCUT2D eigenvalue weighted by Gasteiger charge is 2.44. The lowest BCUT2D eigenvalue weighted by Gasteiger charge is -2.51. The molecule has 2 heterocycles. The molecular weight excluding hydrogens is 426 g/mol. The number of pyridine rings is 1. The Morgan fingerprint density at radius 3 is 2.09 bits per heavy atom. The molecule has 6 heteroatoms. The normalized spacial score (nSPS) is 17.9. The van der Waals surface area contributed by atoms with Gasteiger partial charge in [-0.2, -0.15) is 0 Å². The summed E-state index contributed by atoms with van der Waals surface area (Å²) in [6, 6.07) is 18.0. The fourth-order valence-electron chi connectivity index (χ4n) is 5.62. The zero-order valence-electron chi connectivity index (χ0n) is 19.9. The van der Waals surface area contributed by atoms with Crippen LogP contribution >= 0.6 is 0 Å². The molecule has 3 aromatic rings. The van der Waals surface area contributed by atoms with Crippen LogP contribution in [0, 0.1) is 0 Å². The van der Waals surface area contributed by atoms with Crippen molar-refractivity contribution in [3.8, 4) is 5.75 Å².